The molecule has 1 aromatic heterocycles. The van der Waals surface area contributed by atoms with Gasteiger partial charge in [-0.3, -0.25) is 4.79 Å². The van der Waals surface area contributed by atoms with Gasteiger partial charge < -0.3 is 20.5 Å². The number of nitrogens with zero attached hydrogens (tertiary/aromatic N) is 1. The van der Waals surface area contributed by atoms with Gasteiger partial charge in [-0.25, -0.2) is 0 Å². The van der Waals surface area contributed by atoms with E-state index >= 15 is 0 Å². The standard InChI is InChI=1S/C27H24ClF3N4O/c28-20-7-8-22-19(14-20)16-23(33-22)25(17-4-2-1-3-5-17)34-26(36)18-6-9-24(21(15-18)27(29,30)31)35-12-10-32-11-13-35/h1-9,14-16,25,32-33H,10-13H2,(H,34,36). The number of fused-ring (bicyclic) bond motifs is 1. The number of benzene rings is 3. The van der Waals surface area contributed by atoms with Crippen LogP contribution in [0.2, 0.25) is 5.02 Å². The molecule has 4 aromatic rings. The summed E-state index contributed by atoms with van der Waals surface area (Å²) < 4.78 is 42.0. The second-order valence-electron chi connectivity index (χ2n) is 8.74. The fourth-order valence-electron chi connectivity index (χ4n) is 4.57. The molecule has 0 saturated carbocycles. The van der Waals surface area contributed by atoms with Gasteiger partial charge in [0.1, 0.15) is 0 Å². The Hall–Kier alpha value is -3.49. The van der Waals surface area contributed by atoms with Crippen LogP contribution in [-0.2, 0) is 6.18 Å². The number of piperazine rings is 1. The first kappa shape index (κ1) is 24.2. The molecule has 186 valence electrons. The number of nitrogens with one attached hydrogen (secondary N) is 3. The number of hydrogen-bond acceptors (Lipinski definition) is 3. The van der Waals surface area contributed by atoms with Crippen LogP contribution in [0.3, 0.4) is 0 Å². The number of carbonyl (C=O) groups excluding carboxylic acids is 1. The summed E-state index contributed by atoms with van der Waals surface area (Å²) in [5.74, 6) is -0.599. The van der Waals surface area contributed by atoms with E-state index in [2.05, 4.69) is 15.6 Å². The highest BCUT2D eigenvalue weighted by Crippen LogP contribution is 2.38. The fourth-order valence-corrected chi connectivity index (χ4v) is 4.75. The van der Waals surface area contributed by atoms with Crippen LogP contribution < -0.4 is 15.5 Å². The molecule has 9 heteroatoms. The zero-order chi connectivity index (χ0) is 25.3. The summed E-state index contributed by atoms with van der Waals surface area (Å²) in [6.07, 6.45) is -4.59. The molecule has 0 spiro atoms. The number of rotatable bonds is 5. The Kier molecular flexibility index (Phi) is 6.64. The molecule has 1 saturated heterocycles. The molecule has 36 heavy (non-hydrogen) atoms. The minimum Gasteiger partial charge on any atom is -0.368 e. The number of hydrogen-bond donors (Lipinski definition) is 3. The second-order valence-corrected chi connectivity index (χ2v) is 9.18. The summed E-state index contributed by atoms with van der Waals surface area (Å²) in [4.78, 5) is 18.3. The fraction of sp³-hybridized carbons (Fsp3) is 0.222. The van der Waals surface area contributed by atoms with Gasteiger partial charge in [0.15, 0.2) is 0 Å². The lowest BCUT2D eigenvalue weighted by Gasteiger charge is -2.31. The van der Waals surface area contributed by atoms with Crippen molar-refractivity contribution < 1.29 is 18.0 Å². The predicted molar refractivity (Wildman–Crippen MR) is 136 cm³/mol. The monoisotopic (exact) mass is 512 g/mol. The Bertz CT molecular complexity index is 1380. The largest absolute Gasteiger partial charge is 0.418 e. The van der Waals surface area contributed by atoms with E-state index in [0.29, 0.717) is 36.9 Å². The first-order valence-electron chi connectivity index (χ1n) is 11.6. The summed E-state index contributed by atoms with van der Waals surface area (Å²) in [5.41, 5.74) is 1.55. The lowest BCUT2D eigenvalue weighted by atomic mass is 10.0. The van der Waals surface area contributed by atoms with Gasteiger partial charge >= 0.3 is 6.18 Å². The number of halogens is 4. The van der Waals surface area contributed by atoms with Crippen LogP contribution in [0.15, 0.2) is 72.8 Å². The molecule has 1 fully saturated rings. The van der Waals surface area contributed by atoms with E-state index in [1.165, 1.54) is 12.1 Å². The van der Waals surface area contributed by atoms with E-state index in [1.807, 2.05) is 48.5 Å². The van der Waals surface area contributed by atoms with Gasteiger partial charge in [0.2, 0.25) is 0 Å². The van der Waals surface area contributed by atoms with Crippen molar-refractivity contribution in [2.75, 3.05) is 31.1 Å². The quantitative estimate of drug-likeness (QED) is 0.318. The van der Waals surface area contributed by atoms with Crippen molar-refractivity contribution in [1.82, 2.24) is 15.6 Å². The van der Waals surface area contributed by atoms with E-state index in [0.717, 1.165) is 22.5 Å². The van der Waals surface area contributed by atoms with Crippen LogP contribution in [0.4, 0.5) is 18.9 Å². The molecular formula is C27H24ClF3N4O. The Labute approximate surface area is 211 Å². The van der Waals surface area contributed by atoms with Crippen molar-refractivity contribution >= 4 is 34.1 Å². The third kappa shape index (κ3) is 5.05. The van der Waals surface area contributed by atoms with Crippen molar-refractivity contribution in [1.29, 1.82) is 0 Å². The molecule has 3 N–H and O–H groups in total. The number of carbonyl (C=O) groups is 1. The summed E-state index contributed by atoms with van der Waals surface area (Å²) in [5, 5.41) is 7.51. The van der Waals surface area contributed by atoms with Gasteiger partial charge in [0.25, 0.3) is 5.91 Å². The Morgan fingerprint density at radius 2 is 1.72 bits per heavy atom. The lowest BCUT2D eigenvalue weighted by Crippen LogP contribution is -2.44. The lowest BCUT2D eigenvalue weighted by molar-refractivity contribution is -0.137. The normalized spacial score (nSPS) is 15.2. The van der Waals surface area contributed by atoms with Gasteiger partial charge in [-0.05, 0) is 48.0 Å². The molecule has 3 aromatic carbocycles. The number of aromatic nitrogens is 1. The molecule has 1 atom stereocenters. The topological polar surface area (TPSA) is 60.2 Å². The molecule has 5 rings (SSSR count). The number of anilines is 1. The molecule has 0 bridgehead atoms. The number of amides is 1. The molecule has 2 heterocycles. The van der Waals surface area contributed by atoms with Gasteiger partial charge in [0, 0.05) is 59.0 Å². The highest BCUT2D eigenvalue weighted by atomic mass is 35.5. The minimum atomic E-state index is -4.59. The molecule has 1 aliphatic rings. The minimum absolute atomic E-state index is 0.0544. The second kappa shape index (κ2) is 9.87. The van der Waals surface area contributed by atoms with Crippen LogP contribution in [0, 0.1) is 0 Å². The van der Waals surface area contributed by atoms with E-state index in [-0.39, 0.29) is 11.3 Å². The molecular weight excluding hydrogens is 489 g/mol. The highest BCUT2D eigenvalue weighted by molar-refractivity contribution is 6.31. The van der Waals surface area contributed by atoms with Crippen LogP contribution in [0.5, 0.6) is 0 Å². The smallest absolute Gasteiger partial charge is 0.368 e. The van der Waals surface area contributed by atoms with Gasteiger partial charge in [-0.1, -0.05) is 41.9 Å². The van der Waals surface area contributed by atoms with Crippen molar-refractivity contribution in [3.05, 3.63) is 100 Å². The van der Waals surface area contributed by atoms with Gasteiger partial charge in [-0.2, -0.15) is 13.2 Å². The predicted octanol–water partition coefficient (Wildman–Crippen LogP) is 5.77. The molecule has 1 amide bonds. The highest BCUT2D eigenvalue weighted by Gasteiger charge is 2.36. The number of aromatic amines is 1. The van der Waals surface area contributed by atoms with E-state index in [9.17, 15) is 18.0 Å². The Balaban J connectivity index is 1.49. The maximum atomic E-state index is 14.0. The summed E-state index contributed by atoms with van der Waals surface area (Å²) in [6.45, 7) is 2.15. The summed E-state index contributed by atoms with van der Waals surface area (Å²) in [6, 6.07) is 19.8. The third-order valence-electron chi connectivity index (χ3n) is 6.34. The number of H-pyrrole nitrogens is 1. The zero-order valence-electron chi connectivity index (χ0n) is 19.2. The van der Waals surface area contributed by atoms with Crippen LogP contribution in [-0.4, -0.2) is 37.1 Å². The van der Waals surface area contributed by atoms with Crippen molar-refractivity contribution in [2.45, 2.75) is 12.2 Å². The Morgan fingerprint density at radius 1 is 0.972 bits per heavy atom. The Morgan fingerprint density at radius 3 is 2.44 bits per heavy atom. The molecule has 0 aliphatic carbocycles. The van der Waals surface area contributed by atoms with Crippen molar-refractivity contribution in [3.8, 4) is 0 Å². The van der Waals surface area contributed by atoms with Crippen LogP contribution >= 0.6 is 11.6 Å². The average molecular weight is 513 g/mol. The van der Waals surface area contributed by atoms with Gasteiger partial charge in [0.05, 0.1) is 11.6 Å². The SMILES string of the molecule is O=C(NC(c1ccccc1)c1cc2cc(Cl)ccc2[nH]1)c1ccc(N2CCNCC2)c(C(F)(F)F)c1. The van der Waals surface area contributed by atoms with Crippen molar-refractivity contribution in [3.63, 3.8) is 0 Å². The van der Waals surface area contributed by atoms with E-state index < -0.39 is 23.7 Å². The van der Waals surface area contributed by atoms with Crippen LogP contribution in [0.1, 0.15) is 33.2 Å². The van der Waals surface area contributed by atoms with E-state index in [4.69, 9.17) is 11.6 Å². The van der Waals surface area contributed by atoms with Crippen LogP contribution in [0.25, 0.3) is 10.9 Å². The maximum absolute atomic E-state index is 14.0. The zero-order valence-corrected chi connectivity index (χ0v) is 20.0. The first-order valence-corrected chi connectivity index (χ1v) is 12.0. The third-order valence-corrected chi connectivity index (χ3v) is 6.58. The summed E-state index contributed by atoms with van der Waals surface area (Å²) in [7, 11) is 0. The first-order chi connectivity index (χ1) is 17.3. The number of alkyl halides is 3. The molecule has 5 nitrogen and oxygen atoms in total. The maximum Gasteiger partial charge on any atom is 0.418 e. The molecule has 1 unspecified atom stereocenters. The van der Waals surface area contributed by atoms with E-state index in [1.54, 1.807) is 11.0 Å². The molecule has 1 aliphatic heterocycles. The van der Waals surface area contributed by atoms with Gasteiger partial charge in [-0.15, -0.1) is 0 Å². The molecule has 0 radical (unpaired) electrons. The van der Waals surface area contributed by atoms with Crippen molar-refractivity contribution in [2.24, 2.45) is 0 Å². The summed E-state index contributed by atoms with van der Waals surface area (Å²) >= 11 is 6.13. The average Bonchev–Trinajstić information content (AvgIpc) is 3.30.